The van der Waals surface area contributed by atoms with Crippen LogP contribution in [-0.4, -0.2) is 0 Å². The highest BCUT2D eigenvalue weighted by molar-refractivity contribution is 6.09. The van der Waals surface area contributed by atoms with Crippen molar-refractivity contribution in [2.24, 2.45) is 0 Å². The van der Waals surface area contributed by atoms with Crippen molar-refractivity contribution in [2.45, 2.75) is 5.41 Å². The number of hydrogen-bond acceptors (Lipinski definition) is 2. The van der Waals surface area contributed by atoms with Crippen LogP contribution < -0.4 is 0 Å². The second kappa shape index (κ2) is 7.49. The molecule has 1 aliphatic rings. The van der Waals surface area contributed by atoms with E-state index in [2.05, 4.69) is 121 Å². The Kier molecular flexibility index (Phi) is 4.02. The van der Waals surface area contributed by atoms with Gasteiger partial charge in [0.2, 0.25) is 0 Å². The van der Waals surface area contributed by atoms with Crippen LogP contribution in [0.3, 0.4) is 0 Å². The number of para-hydroxylation sites is 4. The molecular weight excluding hydrogens is 476 g/mol. The van der Waals surface area contributed by atoms with Crippen molar-refractivity contribution in [3.63, 3.8) is 0 Å². The fraction of sp³-hybridized carbons (Fsp3) is 0.0270. The highest BCUT2D eigenvalue weighted by Gasteiger charge is 2.49. The van der Waals surface area contributed by atoms with Crippen molar-refractivity contribution < 1.29 is 8.83 Å². The van der Waals surface area contributed by atoms with Gasteiger partial charge in [0, 0.05) is 32.7 Å². The molecule has 6 aromatic carbocycles. The minimum atomic E-state index is -0.631. The molecule has 2 aromatic heterocycles. The van der Waals surface area contributed by atoms with Crippen LogP contribution in [0.25, 0.3) is 55.0 Å². The first-order chi connectivity index (χ1) is 19.4. The molecule has 39 heavy (non-hydrogen) atoms. The Labute approximate surface area is 224 Å². The average molecular weight is 499 g/mol. The van der Waals surface area contributed by atoms with Crippen molar-refractivity contribution in [2.75, 3.05) is 0 Å². The first kappa shape index (κ1) is 20.9. The van der Waals surface area contributed by atoms with E-state index in [1.807, 2.05) is 12.1 Å². The van der Waals surface area contributed by atoms with E-state index in [-0.39, 0.29) is 0 Å². The summed E-state index contributed by atoms with van der Waals surface area (Å²) < 4.78 is 13.4. The molecule has 182 valence electrons. The zero-order valence-electron chi connectivity index (χ0n) is 21.0. The summed E-state index contributed by atoms with van der Waals surface area (Å²) in [5.74, 6) is 0. The summed E-state index contributed by atoms with van der Waals surface area (Å²) in [7, 11) is 0. The third kappa shape index (κ3) is 2.56. The molecule has 0 spiro atoms. The van der Waals surface area contributed by atoms with E-state index in [4.69, 9.17) is 8.83 Å². The summed E-state index contributed by atoms with van der Waals surface area (Å²) in [4.78, 5) is 0. The van der Waals surface area contributed by atoms with Crippen molar-refractivity contribution >= 4 is 43.9 Å². The maximum Gasteiger partial charge on any atom is 0.140 e. The summed E-state index contributed by atoms with van der Waals surface area (Å²) >= 11 is 0. The van der Waals surface area contributed by atoms with Gasteiger partial charge in [-0.15, -0.1) is 0 Å². The quantitative estimate of drug-likeness (QED) is 0.237. The first-order valence-corrected chi connectivity index (χ1v) is 13.4. The fourth-order valence-corrected chi connectivity index (χ4v) is 7.05. The number of fused-ring (bicyclic) bond motifs is 9. The normalized spacial score (nSPS) is 13.8. The lowest BCUT2D eigenvalue weighted by Gasteiger charge is -2.33. The average Bonchev–Trinajstić information content (AvgIpc) is 3.66. The van der Waals surface area contributed by atoms with Crippen LogP contribution >= 0.6 is 0 Å². The lowest BCUT2D eigenvalue weighted by Crippen LogP contribution is -2.29. The zero-order valence-corrected chi connectivity index (χ0v) is 21.0. The largest absolute Gasteiger partial charge is 0.456 e. The molecule has 0 radical (unpaired) electrons. The van der Waals surface area contributed by atoms with Crippen LogP contribution in [0, 0.1) is 0 Å². The van der Waals surface area contributed by atoms with E-state index < -0.39 is 5.41 Å². The Morgan fingerprint density at radius 2 is 0.718 bits per heavy atom. The smallest absolute Gasteiger partial charge is 0.140 e. The predicted molar refractivity (Wildman–Crippen MR) is 158 cm³/mol. The molecule has 9 rings (SSSR count). The lowest BCUT2D eigenvalue weighted by molar-refractivity contribution is 0.634. The van der Waals surface area contributed by atoms with Gasteiger partial charge in [0.05, 0.1) is 5.41 Å². The van der Waals surface area contributed by atoms with E-state index in [9.17, 15) is 0 Å². The molecule has 0 fully saturated rings. The number of furan rings is 2. The van der Waals surface area contributed by atoms with Crippen molar-refractivity contribution in [3.05, 3.63) is 156 Å². The molecule has 1 aliphatic carbocycles. The van der Waals surface area contributed by atoms with Gasteiger partial charge in [0.1, 0.15) is 22.3 Å². The highest BCUT2D eigenvalue weighted by Crippen LogP contribution is 2.59. The monoisotopic (exact) mass is 498 g/mol. The lowest BCUT2D eigenvalue weighted by atomic mass is 9.67. The Morgan fingerprint density at radius 1 is 0.333 bits per heavy atom. The van der Waals surface area contributed by atoms with Crippen LogP contribution in [-0.2, 0) is 5.41 Å². The summed E-state index contributed by atoms with van der Waals surface area (Å²) in [6, 6.07) is 47.4. The number of rotatable bonds is 2. The maximum absolute atomic E-state index is 6.71. The van der Waals surface area contributed by atoms with Gasteiger partial charge in [0.25, 0.3) is 0 Å². The zero-order chi connectivity index (χ0) is 25.6. The van der Waals surface area contributed by atoms with Crippen molar-refractivity contribution in [1.82, 2.24) is 0 Å². The summed E-state index contributed by atoms with van der Waals surface area (Å²) in [6.45, 7) is 0. The van der Waals surface area contributed by atoms with Gasteiger partial charge in [-0.3, -0.25) is 0 Å². The minimum absolute atomic E-state index is 0.631. The molecule has 0 N–H and O–H groups in total. The van der Waals surface area contributed by atoms with E-state index >= 15 is 0 Å². The molecule has 0 unspecified atom stereocenters. The molecule has 2 nitrogen and oxygen atoms in total. The summed E-state index contributed by atoms with van der Waals surface area (Å²) in [6.07, 6.45) is 0. The van der Waals surface area contributed by atoms with Gasteiger partial charge in [-0.25, -0.2) is 0 Å². The second-order valence-electron chi connectivity index (χ2n) is 10.4. The fourth-order valence-electron chi connectivity index (χ4n) is 7.05. The van der Waals surface area contributed by atoms with Gasteiger partial charge >= 0.3 is 0 Å². The van der Waals surface area contributed by atoms with Gasteiger partial charge in [-0.05, 0) is 34.4 Å². The molecule has 0 aliphatic heterocycles. The molecule has 0 saturated carbocycles. The maximum atomic E-state index is 6.71. The Hall–Kier alpha value is -5.08. The van der Waals surface area contributed by atoms with E-state index in [1.54, 1.807) is 0 Å². The van der Waals surface area contributed by atoms with Gasteiger partial charge in [-0.1, -0.05) is 121 Å². The highest BCUT2D eigenvalue weighted by atomic mass is 16.3. The third-order valence-corrected chi connectivity index (χ3v) is 8.57. The van der Waals surface area contributed by atoms with E-state index in [0.717, 1.165) is 55.0 Å². The number of benzene rings is 6. The molecular formula is C37H22O2. The molecule has 2 heterocycles. The van der Waals surface area contributed by atoms with E-state index in [1.165, 1.54) is 22.3 Å². The molecule has 0 bridgehead atoms. The van der Waals surface area contributed by atoms with Crippen molar-refractivity contribution in [1.29, 1.82) is 0 Å². The Balaban J connectivity index is 1.54. The molecule has 2 heteroatoms. The summed E-state index contributed by atoms with van der Waals surface area (Å²) in [5, 5.41) is 4.51. The van der Waals surface area contributed by atoms with E-state index in [0.29, 0.717) is 0 Å². The minimum Gasteiger partial charge on any atom is -0.456 e. The predicted octanol–water partition coefficient (Wildman–Crippen LogP) is 9.85. The summed E-state index contributed by atoms with van der Waals surface area (Å²) in [5.41, 5.74) is 10.2. The van der Waals surface area contributed by atoms with Crippen LogP contribution in [0.4, 0.5) is 0 Å². The standard InChI is InChI=1S/C37H22O2/c1-5-17-29-23(11-1)24-12-2-6-18-30(24)37(29,31-19-9-15-27-25-13-3-7-21-33(25)38-35(27)31)32-20-10-16-28-26-14-4-8-22-34(26)39-36(28)32/h1-22H. The van der Waals surface area contributed by atoms with Crippen LogP contribution in [0.5, 0.6) is 0 Å². The molecule has 8 aromatic rings. The van der Waals surface area contributed by atoms with Crippen LogP contribution in [0.2, 0.25) is 0 Å². The first-order valence-electron chi connectivity index (χ1n) is 13.4. The van der Waals surface area contributed by atoms with Crippen LogP contribution in [0.15, 0.2) is 142 Å². The molecule has 0 atom stereocenters. The third-order valence-electron chi connectivity index (χ3n) is 8.57. The Morgan fingerprint density at radius 3 is 1.23 bits per heavy atom. The molecule has 0 saturated heterocycles. The van der Waals surface area contributed by atoms with Gasteiger partial charge < -0.3 is 8.83 Å². The Bertz CT molecular complexity index is 2080. The van der Waals surface area contributed by atoms with Gasteiger partial charge in [-0.2, -0.15) is 0 Å². The molecule has 0 amide bonds. The van der Waals surface area contributed by atoms with Gasteiger partial charge in [0.15, 0.2) is 0 Å². The van der Waals surface area contributed by atoms with Crippen molar-refractivity contribution in [3.8, 4) is 11.1 Å². The second-order valence-corrected chi connectivity index (χ2v) is 10.4. The van der Waals surface area contributed by atoms with Crippen LogP contribution in [0.1, 0.15) is 22.3 Å². The topological polar surface area (TPSA) is 26.3 Å². The number of hydrogen-bond donors (Lipinski definition) is 0. The SMILES string of the molecule is c1ccc2c(c1)-c1ccccc1C2(c1cccc2c1oc1ccccc12)c1cccc2c1oc1ccccc12.